The molecule has 2 fully saturated rings. The van der Waals surface area contributed by atoms with E-state index in [1.54, 1.807) is 12.3 Å². The first-order chi connectivity index (χ1) is 12.3. The molecule has 3 heterocycles. The molecule has 0 N–H and O–H groups in total. The SMILES string of the molecule is Fc1ccccc1CN1C[C@@H](OCc2ccccn2)[C@H]2OCCC[C@H]21. The van der Waals surface area contributed by atoms with E-state index in [2.05, 4.69) is 9.88 Å². The van der Waals surface area contributed by atoms with E-state index in [1.807, 2.05) is 30.3 Å². The van der Waals surface area contributed by atoms with Crippen LogP contribution in [0.3, 0.4) is 0 Å². The number of likely N-dealkylation sites (tertiary alicyclic amines) is 1. The quantitative estimate of drug-likeness (QED) is 0.836. The first kappa shape index (κ1) is 16.6. The predicted molar refractivity (Wildman–Crippen MR) is 92.4 cm³/mol. The third-order valence-electron chi connectivity index (χ3n) is 5.09. The van der Waals surface area contributed by atoms with Gasteiger partial charge in [0.1, 0.15) is 11.9 Å². The number of hydrogen-bond donors (Lipinski definition) is 0. The lowest BCUT2D eigenvalue weighted by Crippen LogP contribution is -2.41. The third kappa shape index (κ3) is 3.73. The van der Waals surface area contributed by atoms with Gasteiger partial charge in [-0.25, -0.2) is 4.39 Å². The topological polar surface area (TPSA) is 34.6 Å². The molecule has 0 bridgehead atoms. The summed E-state index contributed by atoms with van der Waals surface area (Å²) in [4.78, 5) is 6.62. The molecule has 5 heteroatoms. The van der Waals surface area contributed by atoms with E-state index in [0.29, 0.717) is 19.2 Å². The Balaban J connectivity index is 1.45. The molecule has 4 nitrogen and oxygen atoms in total. The number of pyridine rings is 1. The van der Waals surface area contributed by atoms with Crippen LogP contribution in [0.5, 0.6) is 0 Å². The third-order valence-corrected chi connectivity index (χ3v) is 5.09. The van der Waals surface area contributed by atoms with Crippen LogP contribution in [0.2, 0.25) is 0 Å². The maximum absolute atomic E-state index is 14.0. The Morgan fingerprint density at radius 3 is 2.92 bits per heavy atom. The average Bonchev–Trinajstić information content (AvgIpc) is 3.01. The number of hydrogen-bond acceptors (Lipinski definition) is 4. The van der Waals surface area contributed by atoms with Crippen molar-refractivity contribution in [3.8, 4) is 0 Å². The summed E-state index contributed by atoms with van der Waals surface area (Å²) in [7, 11) is 0. The van der Waals surface area contributed by atoms with Crippen LogP contribution >= 0.6 is 0 Å². The molecule has 1 aromatic heterocycles. The summed E-state index contributed by atoms with van der Waals surface area (Å²) in [6.07, 6.45) is 3.95. The minimum Gasteiger partial charge on any atom is -0.374 e. The molecule has 132 valence electrons. The number of aromatic nitrogens is 1. The van der Waals surface area contributed by atoms with Crippen LogP contribution in [0.4, 0.5) is 4.39 Å². The molecular formula is C20H23FN2O2. The fourth-order valence-electron chi connectivity index (χ4n) is 3.85. The second kappa shape index (κ2) is 7.60. The molecule has 25 heavy (non-hydrogen) atoms. The van der Waals surface area contributed by atoms with Gasteiger partial charge in [0.2, 0.25) is 0 Å². The van der Waals surface area contributed by atoms with Crippen molar-refractivity contribution in [2.45, 2.75) is 44.2 Å². The van der Waals surface area contributed by atoms with Gasteiger partial charge in [-0.3, -0.25) is 9.88 Å². The molecule has 4 rings (SSSR count). The van der Waals surface area contributed by atoms with E-state index in [0.717, 1.165) is 37.3 Å². The number of benzene rings is 1. The monoisotopic (exact) mass is 342 g/mol. The van der Waals surface area contributed by atoms with Crippen molar-refractivity contribution in [2.75, 3.05) is 13.2 Å². The van der Waals surface area contributed by atoms with Gasteiger partial charge in [-0.15, -0.1) is 0 Å². The van der Waals surface area contributed by atoms with Crippen molar-refractivity contribution in [3.63, 3.8) is 0 Å². The fraction of sp³-hybridized carbons (Fsp3) is 0.450. The van der Waals surface area contributed by atoms with Gasteiger partial charge in [-0.05, 0) is 31.0 Å². The van der Waals surface area contributed by atoms with Gasteiger partial charge in [0.15, 0.2) is 0 Å². The van der Waals surface area contributed by atoms with Crippen LogP contribution in [0.25, 0.3) is 0 Å². The number of ether oxygens (including phenoxy) is 2. The first-order valence-corrected chi connectivity index (χ1v) is 8.92. The van der Waals surface area contributed by atoms with Crippen molar-refractivity contribution in [1.29, 1.82) is 0 Å². The molecule has 2 aliphatic rings. The highest BCUT2D eigenvalue weighted by Crippen LogP contribution is 2.32. The number of rotatable bonds is 5. The van der Waals surface area contributed by atoms with Gasteiger partial charge >= 0.3 is 0 Å². The van der Waals surface area contributed by atoms with Gasteiger partial charge in [0, 0.05) is 37.5 Å². The smallest absolute Gasteiger partial charge is 0.127 e. The van der Waals surface area contributed by atoms with E-state index in [9.17, 15) is 4.39 Å². The Labute approximate surface area is 147 Å². The van der Waals surface area contributed by atoms with Crippen LogP contribution < -0.4 is 0 Å². The van der Waals surface area contributed by atoms with Crippen LogP contribution in [0.15, 0.2) is 48.7 Å². The van der Waals surface area contributed by atoms with E-state index in [1.165, 1.54) is 6.07 Å². The summed E-state index contributed by atoms with van der Waals surface area (Å²) >= 11 is 0. The van der Waals surface area contributed by atoms with Gasteiger partial charge in [0.05, 0.1) is 18.4 Å². The summed E-state index contributed by atoms with van der Waals surface area (Å²) < 4.78 is 26.2. The maximum Gasteiger partial charge on any atom is 0.127 e. The van der Waals surface area contributed by atoms with Crippen molar-refractivity contribution >= 4 is 0 Å². The van der Waals surface area contributed by atoms with Gasteiger partial charge in [-0.1, -0.05) is 24.3 Å². The Bertz CT molecular complexity index is 697. The number of nitrogens with zero attached hydrogens (tertiary/aromatic N) is 2. The fourth-order valence-corrected chi connectivity index (χ4v) is 3.85. The largest absolute Gasteiger partial charge is 0.374 e. The zero-order chi connectivity index (χ0) is 17.1. The van der Waals surface area contributed by atoms with E-state index in [-0.39, 0.29) is 18.0 Å². The molecule has 0 amide bonds. The summed E-state index contributed by atoms with van der Waals surface area (Å²) in [6, 6.07) is 13.1. The molecule has 0 radical (unpaired) electrons. The standard InChI is InChI=1S/C20H23FN2O2/c21-17-8-2-1-6-15(17)12-23-13-19(20-18(23)9-5-11-24-20)25-14-16-7-3-4-10-22-16/h1-4,6-8,10,18-20H,5,9,11-14H2/t18-,19-,20+/m1/s1. The molecule has 3 atom stereocenters. The lowest BCUT2D eigenvalue weighted by atomic mass is 10.0. The molecule has 1 aromatic carbocycles. The predicted octanol–water partition coefficient (Wildman–Crippen LogP) is 3.17. The zero-order valence-corrected chi connectivity index (χ0v) is 14.2. The first-order valence-electron chi connectivity index (χ1n) is 8.92. The van der Waals surface area contributed by atoms with Crippen molar-refractivity contribution in [1.82, 2.24) is 9.88 Å². The minimum absolute atomic E-state index is 0.000852. The van der Waals surface area contributed by atoms with Gasteiger partial charge in [0.25, 0.3) is 0 Å². The lowest BCUT2D eigenvalue weighted by Gasteiger charge is -2.32. The van der Waals surface area contributed by atoms with Gasteiger partial charge in [-0.2, -0.15) is 0 Å². The highest BCUT2D eigenvalue weighted by molar-refractivity contribution is 5.18. The molecule has 0 spiro atoms. The summed E-state index contributed by atoms with van der Waals surface area (Å²) in [5.74, 6) is -0.145. The summed E-state index contributed by atoms with van der Waals surface area (Å²) in [5, 5.41) is 0. The second-order valence-electron chi connectivity index (χ2n) is 6.74. The van der Waals surface area contributed by atoms with Crippen LogP contribution in [-0.2, 0) is 22.6 Å². The molecule has 2 aliphatic heterocycles. The zero-order valence-electron chi connectivity index (χ0n) is 14.2. The normalized spacial score (nSPS) is 26.5. The summed E-state index contributed by atoms with van der Waals surface area (Å²) in [5.41, 5.74) is 1.65. The van der Waals surface area contributed by atoms with Crippen LogP contribution in [-0.4, -0.2) is 41.3 Å². The van der Waals surface area contributed by atoms with Gasteiger partial charge < -0.3 is 9.47 Å². The Morgan fingerprint density at radius 2 is 2.08 bits per heavy atom. The van der Waals surface area contributed by atoms with Crippen molar-refractivity contribution < 1.29 is 13.9 Å². The molecule has 2 saturated heterocycles. The maximum atomic E-state index is 14.0. The minimum atomic E-state index is -0.145. The highest BCUT2D eigenvalue weighted by Gasteiger charge is 2.44. The molecule has 0 saturated carbocycles. The molecule has 0 unspecified atom stereocenters. The van der Waals surface area contributed by atoms with Crippen molar-refractivity contribution in [3.05, 3.63) is 65.7 Å². The highest BCUT2D eigenvalue weighted by atomic mass is 19.1. The molecule has 0 aliphatic carbocycles. The van der Waals surface area contributed by atoms with E-state index >= 15 is 0 Å². The van der Waals surface area contributed by atoms with Crippen LogP contribution in [0.1, 0.15) is 24.1 Å². The van der Waals surface area contributed by atoms with Crippen LogP contribution in [0, 0.1) is 5.82 Å². The Kier molecular flexibility index (Phi) is 5.06. The Morgan fingerprint density at radius 1 is 1.20 bits per heavy atom. The summed E-state index contributed by atoms with van der Waals surface area (Å²) in [6.45, 7) is 2.61. The van der Waals surface area contributed by atoms with E-state index < -0.39 is 0 Å². The van der Waals surface area contributed by atoms with E-state index in [4.69, 9.17) is 9.47 Å². The average molecular weight is 342 g/mol. The second-order valence-corrected chi connectivity index (χ2v) is 6.74. The van der Waals surface area contributed by atoms with Crippen molar-refractivity contribution in [2.24, 2.45) is 0 Å². The Hall–Kier alpha value is -1.82. The molecular weight excluding hydrogens is 319 g/mol. The number of fused-ring (bicyclic) bond motifs is 1. The lowest BCUT2D eigenvalue weighted by molar-refractivity contribution is -0.0824. The number of halogens is 1. The molecule has 2 aromatic rings.